The lowest BCUT2D eigenvalue weighted by molar-refractivity contribution is 0.0695. The fraction of sp³-hybridized carbons (Fsp3) is 0.533. The third kappa shape index (κ3) is 4.04. The minimum absolute atomic E-state index is 0.121. The molecule has 1 saturated carbocycles. The number of rotatable bonds is 5. The molecular formula is C15H21NO3. The van der Waals surface area contributed by atoms with E-state index in [1.165, 1.54) is 0 Å². The molecule has 0 spiro atoms. The molecule has 104 valence electrons. The van der Waals surface area contributed by atoms with Gasteiger partial charge in [-0.05, 0) is 49.8 Å². The Balaban J connectivity index is 1.81. The zero-order chi connectivity index (χ0) is 13.7. The van der Waals surface area contributed by atoms with E-state index in [9.17, 15) is 9.90 Å². The van der Waals surface area contributed by atoms with Crippen LogP contribution in [-0.4, -0.2) is 28.8 Å². The monoisotopic (exact) mass is 263 g/mol. The zero-order valence-electron chi connectivity index (χ0n) is 11.0. The van der Waals surface area contributed by atoms with Gasteiger partial charge in [-0.2, -0.15) is 0 Å². The van der Waals surface area contributed by atoms with Gasteiger partial charge in [0.15, 0.2) is 0 Å². The molecule has 0 saturated heterocycles. The summed E-state index contributed by atoms with van der Waals surface area (Å²) in [4.78, 5) is 11.1. The average molecular weight is 263 g/mol. The van der Waals surface area contributed by atoms with E-state index in [2.05, 4.69) is 5.32 Å². The number of carboxylic acid groups (broad SMARTS) is 1. The molecule has 1 aliphatic carbocycles. The van der Waals surface area contributed by atoms with Crippen molar-refractivity contribution in [1.82, 2.24) is 5.32 Å². The largest absolute Gasteiger partial charge is 0.478 e. The Morgan fingerprint density at radius 3 is 2.58 bits per heavy atom. The number of benzene rings is 1. The van der Waals surface area contributed by atoms with E-state index in [0.717, 1.165) is 37.8 Å². The van der Waals surface area contributed by atoms with Crippen molar-refractivity contribution in [3.8, 4) is 0 Å². The van der Waals surface area contributed by atoms with Gasteiger partial charge in [0.1, 0.15) is 0 Å². The fourth-order valence-electron chi connectivity index (χ4n) is 2.64. The summed E-state index contributed by atoms with van der Waals surface area (Å²) in [6.07, 6.45) is 3.75. The van der Waals surface area contributed by atoms with E-state index in [0.29, 0.717) is 18.0 Å². The van der Waals surface area contributed by atoms with Gasteiger partial charge in [-0.1, -0.05) is 18.2 Å². The highest BCUT2D eigenvalue weighted by Gasteiger charge is 2.19. The van der Waals surface area contributed by atoms with Crippen LogP contribution in [0, 0.1) is 5.92 Å². The molecular weight excluding hydrogens is 242 g/mol. The Morgan fingerprint density at radius 1 is 1.21 bits per heavy atom. The summed E-state index contributed by atoms with van der Waals surface area (Å²) in [5.74, 6) is -0.279. The lowest BCUT2D eigenvalue weighted by atomic mass is 9.87. The summed E-state index contributed by atoms with van der Waals surface area (Å²) in [5, 5.41) is 21.9. The highest BCUT2D eigenvalue weighted by atomic mass is 16.4. The molecule has 0 bridgehead atoms. The van der Waals surface area contributed by atoms with Gasteiger partial charge in [0.2, 0.25) is 0 Å². The molecule has 2 rings (SSSR count). The van der Waals surface area contributed by atoms with Crippen LogP contribution in [0.15, 0.2) is 24.3 Å². The van der Waals surface area contributed by atoms with Crippen LogP contribution in [0.3, 0.4) is 0 Å². The number of carbonyl (C=O) groups is 1. The second kappa shape index (κ2) is 6.68. The van der Waals surface area contributed by atoms with Crippen LogP contribution in [0.5, 0.6) is 0 Å². The number of hydrogen-bond donors (Lipinski definition) is 3. The van der Waals surface area contributed by atoms with Gasteiger partial charge in [-0.15, -0.1) is 0 Å². The van der Waals surface area contributed by atoms with E-state index in [1.807, 2.05) is 12.1 Å². The number of aliphatic hydroxyl groups excluding tert-OH is 1. The van der Waals surface area contributed by atoms with Gasteiger partial charge in [-0.25, -0.2) is 4.79 Å². The predicted octanol–water partition coefficient (Wildman–Crippen LogP) is 2.03. The second-order valence-corrected chi connectivity index (χ2v) is 5.27. The predicted molar refractivity (Wildman–Crippen MR) is 73.1 cm³/mol. The van der Waals surface area contributed by atoms with Crippen LogP contribution in [0.4, 0.5) is 0 Å². The molecule has 0 unspecified atom stereocenters. The Hall–Kier alpha value is -1.39. The maximum absolute atomic E-state index is 11.1. The first-order valence-corrected chi connectivity index (χ1v) is 6.87. The molecule has 3 N–H and O–H groups in total. The fourth-order valence-corrected chi connectivity index (χ4v) is 2.64. The van der Waals surface area contributed by atoms with Crippen molar-refractivity contribution >= 4 is 5.97 Å². The highest BCUT2D eigenvalue weighted by Crippen LogP contribution is 2.23. The van der Waals surface area contributed by atoms with Crippen molar-refractivity contribution in [2.75, 3.05) is 6.54 Å². The molecule has 1 aromatic rings. The SMILES string of the molecule is O=C(O)c1ccccc1CNCC1CCC(O)CC1. The summed E-state index contributed by atoms with van der Waals surface area (Å²) in [5.41, 5.74) is 1.19. The highest BCUT2D eigenvalue weighted by molar-refractivity contribution is 5.89. The molecule has 1 fully saturated rings. The van der Waals surface area contributed by atoms with Crippen LogP contribution in [0.2, 0.25) is 0 Å². The zero-order valence-corrected chi connectivity index (χ0v) is 11.0. The first-order chi connectivity index (χ1) is 9.16. The Bertz CT molecular complexity index is 425. The standard InChI is InChI=1S/C15H21NO3/c17-13-7-5-11(6-8-13)9-16-10-12-3-1-2-4-14(12)15(18)19/h1-4,11,13,16-17H,5-10H2,(H,18,19). The Labute approximate surface area is 113 Å². The molecule has 0 heterocycles. The van der Waals surface area contributed by atoms with Crippen molar-refractivity contribution in [1.29, 1.82) is 0 Å². The van der Waals surface area contributed by atoms with Crippen molar-refractivity contribution in [3.05, 3.63) is 35.4 Å². The van der Waals surface area contributed by atoms with Gasteiger partial charge >= 0.3 is 5.97 Å². The van der Waals surface area contributed by atoms with Crippen LogP contribution >= 0.6 is 0 Å². The second-order valence-electron chi connectivity index (χ2n) is 5.27. The summed E-state index contributed by atoms with van der Waals surface area (Å²) in [6, 6.07) is 7.09. The van der Waals surface area contributed by atoms with Crippen LogP contribution in [0.1, 0.15) is 41.6 Å². The number of aliphatic hydroxyl groups is 1. The van der Waals surface area contributed by atoms with E-state index in [-0.39, 0.29) is 6.10 Å². The lowest BCUT2D eigenvalue weighted by Gasteiger charge is -2.25. The van der Waals surface area contributed by atoms with Gasteiger partial charge in [0.05, 0.1) is 11.7 Å². The minimum Gasteiger partial charge on any atom is -0.478 e. The van der Waals surface area contributed by atoms with E-state index >= 15 is 0 Å². The van der Waals surface area contributed by atoms with E-state index < -0.39 is 5.97 Å². The first-order valence-electron chi connectivity index (χ1n) is 6.87. The third-order valence-corrected chi connectivity index (χ3v) is 3.81. The maximum atomic E-state index is 11.1. The Kier molecular flexibility index (Phi) is 4.93. The molecule has 1 aromatic carbocycles. The van der Waals surface area contributed by atoms with Gasteiger partial charge < -0.3 is 15.5 Å². The minimum atomic E-state index is -0.877. The quantitative estimate of drug-likeness (QED) is 0.760. The van der Waals surface area contributed by atoms with E-state index in [4.69, 9.17) is 5.11 Å². The Morgan fingerprint density at radius 2 is 1.89 bits per heavy atom. The molecule has 0 radical (unpaired) electrons. The maximum Gasteiger partial charge on any atom is 0.336 e. The molecule has 4 heteroatoms. The average Bonchev–Trinajstić information content (AvgIpc) is 2.41. The third-order valence-electron chi connectivity index (χ3n) is 3.81. The number of nitrogens with one attached hydrogen (secondary N) is 1. The molecule has 19 heavy (non-hydrogen) atoms. The summed E-state index contributed by atoms with van der Waals surface area (Å²) >= 11 is 0. The van der Waals surface area contributed by atoms with Gasteiger partial charge in [0, 0.05) is 6.54 Å². The molecule has 4 nitrogen and oxygen atoms in total. The van der Waals surface area contributed by atoms with E-state index in [1.54, 1.807) is 12.1 Å². The van der Waals surface area contributed by atoms with Gasteiger partial charge in [-0.3, -0.25) is 0 Å². The van der Waals surface area contributed by atoms with Crippen LogP contribution < -0.4 is 5.32 Å². The number of hydrogen-bond acceptors (Lipinski definition) is 3. The topological polar surface area (TPSA) is 69.6 Å². The normalized spacial score (nSPS) is 23.2. The molecule has 0 aliphatic heterocycles. The summed E-state index contributed by atoms with van der Waals surface area (Å²) in [6.45, 7) is 1.47. The summed E-state index contributed by atoms with van der Waals surface area (Å²) < 4.78 is 0. The number of aromatic carboxylic acids is 1. The molecule has 0 atom stereocenters. The molecule has 1 aliphatic rings. The van der Waals surface area contributed by atoms with Crippen molar-refractivity contribution in [3.63, 3.8) is 0 Å². The first kappa shape index (κ1) is 14.0. The molecule has 0 aromatic heterocycles. The van der Waals surface area contributed by atoms with Crippen molar-refractivity contribution < 1.29 is 15.0 Å². The molecule has 0 amide bonds. The number of carboxylic acids is 1. The van der Waals surface area contributed by atoms with Crippen molar-refractivity contribution in [2.45, 2.75) is 38.3 Å². The van der Waals surface area contributed by atoms with Crippen LogP contribution in [0.25, 0.3) is 0 Å². The van der Waals surface area contributed by atoms with Crippen molar-refractivity contribution in [2.24, 2.45) is 5.92 Å². The smallest absolute Gasteiger partial charge is 0.336 e. The van der Waals surface area contributed by atoms with Crippen LogP contribution in [-0.2, 0) is 6.54 Å². The lowest BCUT2D eigenvalue weighted by Crippen LogP contribution is -2.28. The van der Waals surface area contributed by atoms with Gasteiger partial charge in [0.25, 0.3) is 0 Å². The summed E-state index contributed by atoms with van der Waals surface area (Å²) in [7, 11) is 0.